The average molecular weight is 315 g/mol. The molecule has 0 amide bonds. The molecule has 6 nitrogen and oxygen atoms in total. The van der Waals surface area contributed by atoms with Crippen molar-refractivity contribution in [1.82, 2.24) is 4.72 Å². The number of carbonyl (C=O) groups is 1. The van der Waals surface area contributed by atoms with Crippen molar-refractivity contribution in [2.75, 3.05) is 13.7 Å². The van der Waals surface area contributed by atoms with Crippen molar-refractivity contribution in [2.24, 2.45) is 0 Å². The van der Waals surface area contributed by atoms with Gasteiger partial charge in [0, 0.05) is 7.11 Å². The van der Waals surface area contributed by atoms with Gasteiger partial charge in [0.05, 0.1) is 22.6 Å². The zero-order valence-electron chi connectivity index (χ0n) is 12.6. The summed E-state index contributed by atoms with van der Waals surface area (Å²) in [6.07, 6.45) is 0.518. The van der Waals surface area contributed by atoms with Crippen molar-refractivity contribution in [3.63, 3.8) is 0 Å². The van der Waals surface area contributed by atoms with Crippen molar-refractivity contribution in [3.05, 3.63) is 29.3 Å². The van der Waals surface area contributed by atoms with E-state index in [-0.39, 0.29) is 17.1 Å². The van der Waals surface area contributed by atoms with Gasteiger partial charge in [0.25, 0.3) is 0 Å². The lowest BCUT2D eigenvalue weighted by atomic mass is 10.1. The molecule has 7 heteroatoms. The van der Waals surface area contributed by atoms with E-state index in [0.29, 0.717) is 12.0 Å². The number of aryl methyl sites for hydroxylation is 1. The molecule has 1 rings (SSSR count). The number of nitrogens with one attached hydrogen (secondary N) is 1. The van der Waals surface area contributed by atoms with Crippen LogP contribution in [0.4, 0.5) is 0 Å². The van der Waals surface area contributed by atoms with Crippen molar-refractivity contribution in [2.45, 2.75) is 37.6 Å². The van der Waals surface area contributed by atoms with Gasteiger partial charge in [-0.05, 0) is 38.0 Å². The Morgan fingerprint density at radius 1 is 1.38 bits per heavy atom. The standard InChI is InChI=1S/C14H21NO5S/c1-5-10-6-7-11(8-12(10)13(16)17)21(18,19)15-14(2,3)9-20-4/h6-8,15H,5,9H2,1-4H3,(H,16,17). The molecule has 21 heavy (non-hydrogen) atoms. The topological polar surface area (TPSA) is 92.7 Å². The van der Waals surface area contributed by atoms with E-state index in [0.717, 1.165) is 0 Å². The molecular weight excluding hydrogens is 294 g/mol. The molecule has 0 atom stereocenters. The molecule has 118 valence electrons. The lowest BCUT2D eigenvalue weighted by Gasteiger charge is -2.25. The highest BCUT2D eigenvalue weighted by Gasteiger charge is 2.27. The molecule has 0 aliphatic carbocycles. The summed E-state index contributed by atoms with van der Waals surface area (Å²) in [7, 11) is -2.33. The maximum atomic E-state index is 12.3. The summed E-state index contributed by atoms with van der Waals surface area (Å²) in [5.41, 5.74) is -0.192. The largest absolute Gasteiger partial charge is 0.478 e. The van der Waals surface area contributed by atoms with Crippen LogP contribution >= 0.6 is 0 Å². The number of aromatic carboxylic acids is 1. The first-order valence-corrected chi connectivity index (χ1v) is 8.00. The second-order valence-electron chi connectivity index (χ2n) is 5.40. The minimum atomic E-state index is -3.81. The van der Waals surface area contributed by atoms with E-state index in [1.165, 1.54) is 25.3 Å². The molecule has 0 aromatic heterocycles. The molecule has 0 aliphatic heterocycles. The van der Waals surface area contributed by atoms with E-state index >= 15 is 0 Å². The number of hydrogen-bond acceptors (Lipinski definition) is 4. The molecule has 0 fully saturated rings. The predicted molar refractivity (Wildman–Crippen MR) is 79.1 cm³/mol. The van der Waals surface area contributed by atoms with E-state index in [1.54, 1.807) is 13.8 Å². The number of rotatable bonds is 7. The number of sulfonamides is 1. The van der Waals surface area contributed by atoms with E-state index in [4.69, 9.17) is 9.84 Å². The fraction of sp³-hybridized carbons (Fsp3) is 0.500. The molecule has 0 saturated heterocycles. The van der Waals surface area contributed by atoms with Crippen LogP contribution < -0.4 is 4.72 Å². The zero-order chi connectivity index (χ0) is 16.3. The highest BCUT2D eigenvalue weighted by Crippen LogP contribution is 2.19. The third-order valence-corrected chi connectivity index (χ3v) is 4.61. The van der Waals surface area contributed by atoms with E-state index in [1.807, 2.05) is 6.92 Å². The second-order valence-corrected chi connectivity index (χ2v) is 7.08. The summed E-state index contributed by atoms with van der Waals surface area (Å²) >= 11 is 0. The Morgan fingerprint density at radius 3 is 2.48 bits per heavy atom. The Bertz CT molecular complexity index is 622. The van der Waals surface area contributed by atoms with E-state index < -0.39 is 21.5 Å². The zero-order valence-corrected chi connectivity index (χ0v) is 13.5. The Morgan fingerprint density at radius 2 is 2.00 bits per heavy atom. The van der Waals surface area contributed by atoms with Gasteiger partial charge in [-0.2, -0.15) is 0 Å². The number of hydrogen-bond donors (Lipinski definition) is 2. The van der Waals surface area contributed by atoms with Crippen molar-refractivity contribution in [1.29, 1.82) is 0 Å². The maximum absolute atomic E-state index is 12.3. The van der Waals surface area contributed by atoms with Crippen LogP contribution in [0.1, 0.15) is 36.7 Å². The molecule has 1 aromatic carbocycles. The molecular formula is C14H21NO5S. The van der Waals surface area contributed by atoms with Crippen LogP contribution in [0.5, 0.6) is 0 Å². The molecule has 0 bridgehead atoms. The summed E-state index contributed by atoms with van der Waals surface area (Å²) < 4.78 is 32.1. The maximum Gasteiger partial charge on any atom is 0.336 e. The number of ether oxygens (including phenoxy) is 1. The highest BCUT2D eigenvalue weighted by atomic mass is 32.2. The van der Waals surface area contributed by atoms with Gasteiger partial charge in [0.15, 0.2) is 0 Å². The first kappa shape index (κ1) is 17.6. The van der Waals surface area contributed by atoms with Gasteiger partial charge in [-0.1, -0.05) is 13.0 Å². The first-order chi connectivity index (χ1) is 9.63. The molecule has 0 unspecified atom stereocenters. The van der Waals surface area contributed by atoms with Gasteiger partial charge in [-0.15, -0.1) is 0 Å². The third kappa shape index (κ3) is 4.52. The van der Waals surface area contributed by atoms with Crippen molar-refractivity contribution < 1.29 is 23.1 Å². The number of carboxylic acids is 1. The van der Waals surface area contributed by atoms with E-state index in [2.05, 4.69) is 4.72 Å². The predicted octanol–water partition coefficient (Wildman–Crippen LogP) is 1.65. The number of methoxy groups -OCH3 is 1. The molecule has 0 spiro atoms. The Balaban J connectivity index is 3.21. The van der Waals surface area contributed by atoms with Gasteiger partial charge in [0.2, 0.25) is 10.0 Å². The van der Waals surface area contributed by atoms with Gasteiger partial charge in [0.1, 0.15) is 0 Å². The smallest absolute Gasteiger partial charge is 0.336 e. The Kier molecular flexibility index (Phi) is 5.49. The Labute approximate surface area is 125 Å². The van der Waals surface area contributed by atoms with Gasteiger partial charge < -0.3 is 9.84 Å². The lowest BCUT2D eigenvalue weighted by molar-refractivity contribution is 0.0695. The molecule has 0 saturated carbocycles. The minimum absolute atomic E-state index is 0.00456. The summed E-state index contributed by atoms with van der Waals surface area (Å²) in [6, 6.07) is 4.13. The fourth-order valence-corrected chi connectivity index (χ4v) is 3.47. The van der Waals surface area contributed by atoms with E-state index in [9.17, 15) is 13.2 Å². The number of carboxylic acid groups (broad SMARTS) is 1. The normalized spacial score (nSPS) is 12.4. The van der Waals surface area contributed by atoms with Gasteiger partial charge in [-0.3, -0.25) is 0 Å². The quantitative estimate of drug-likeness (QED) is 0.798. The Hall–Kier alpha value is -1.44. The van der Waals surface area contributed by atoms with Gasteiger partial charge in [-0.25, -0.2) is 17.9 Å². The molecule has 0 heterocycles. The molecule has 2 N–H and O–H groups in total. The van der Waals surface area contributed by atoms with Crippen LogP contribution in [0, 0.1) is 0 Å². The van der Waals surface area contributed by atoms with Crippen LogP contribution in [0.15, 0.2) is 23.1 Å². The third-order valence-electron chi connectivity index (χ3n) is 2.92. The molecule has 1 aromatic rings. The monoisotopic (exact) mass is 315 g/mol. The number of benzene rings is 1. The van der Waals surface area contributed by atoms with Crippen molar-refractivity contribution >= 4 is 16.0 Å². The first-order valence-electron chi connectivity index (χ1n) is 6.52. The summed E-state index contributed by atoms with van der Waals surface area (Å²) in [5, 5.41) is 9.17. The minimum Gasteiger partial charge on any atom is -0.478 e. The summed E-state index contributed by atoms with van der Waals surface area (Å²) in [6.45, 7) is 5.39. The summed E-state index contributed by atoms with van der Waals surface area (Å²) in [5.74, 6) is -1.14. The lowest BCUT2D eigenvalue weighted by Crippen LogP contribution is -2.46. The molecule has 0 radical (unpaired) electrons. The van der Waals surface area contributed by atoms with Gasteiger partial charge >= 0.3 is 5.97 Å². The van der Waals surface area contributed by atoms with Crippen LogP contribution in [0.2, 0.25) is 0 Å². The van der Waals surface area contributed by atoms with Crippen LogP contribution in [-0.2, 0) is 21.2 Å². The summed E-state index contributed by atoms with van der Waals surface area (Å²) in [4.78, 5) is 11.1. The molecule has 0 aliphatic rings. The fourth-order valence-electron chi connectivity index (χ4n) is 2.04. The van der Waals surface area contributed by atoms with Crippen LogP contribution in [-0.4, -0.2) is 38.7 Å². The highest BCUT2D eigenvalue weighted by molar-refractivity contribution is 7.89. The van der Waals surface area contributed by atoms with Crippen LogP contribution in [0.25, 0.3) is 0 Å². The van der Waals surface area contributed by atoms with Crippen LogP contribution in [0.3, 0.4) is 0 Å². The van der Waals surface area contributed by atoms with Crippen molar-refractivity contribution in [3.8, 4) is 0 Å². The second kappa shape index (κ2) is 6.55. The SMILES string of the molecule is CCc1ccc(S(=O)(=O)NC(C)(C)COC)cc1C(=O)O. The average Bonchev–Trinajstić information content (AvgIpc) is 2.36.